The van der Waals surface area contributed by atoms with Crippen molar-refractivity contribution in [2.24, 2.45) is 5.41 Å². The van der Waals surface area contributed by atoms with E-state index >= 15 is 0 Å². The van der Waals surface area contributed by atoms with Gasteiger partial charge in [0.2, 0.25) is 0 Å². The molecule has 3 heteroatoms. The number of aryl methyl sites for hydroxylation is 1. The average molecular weight is 299 g/mol. The number of para-hydroxylation sites is 1. The summed E-state index contributed by atoms with van der Waals surface area (Å²) in [6.45, 7) is 14.3. The molecule has 0 saturated carbocycles. The smallest absolute Gasteiger partial charge is 0.0645 e. The molecule has 1 aromatic carbocycles. The van der Waals surface area contributed by atoms with E-state index in [4.69, 9.17) is 0 Å². The van der Waals surface area contributed by atoms with Crippen LogP contribution in [-0.2, 0) is 6.54 Å². The van der Waals surface area contributed by atoms with Gasteiger partial charge in [0.25, 0.3) is 0 Å². The largest absolute Gasteiger partial charge is 0.308 e. The highest BCUT2D eigenvalue weighted by Crippen LogP contribution is 2.27. The summed E-state index contributed by atoms with van der Waals surface area (Å²) < 4.78 is 1.96. The van der Waals surface area contributed by atoms with Crippen LogP contribution in [0.15, 0.2) is 36.5 Å². The first-order chi connectivity index (χ1) is 10.2. The molecule has 0 spiro atoms. The summed E-state index contributed by atoms with van der Waals surface area (Å²) in [5.74, 6) is 0. The van der Waals surface area contributed by atoms with Gasteiger partial charge in [-0.05, 0) is 44.7 Å². The number of aromatic nitrogens is 2. The van der Waals surface area contributed by atoms with Crippen LogP contribution in [0.1, 0.15) is 52.3 Å². The number of hydrogen-bond donors (Lipinski definition) is 1. The molecular formula is C19H29N3. The van der Waals surface area contributed by atoms with Crippen LogP contribution in [-0.4, -0.2) is 15.3 Å². The molecule has 22 heavy (non-hydrogen) atoms. The maximum Gasteiger partial charge on any atom is 0.0645 e. The Morgan fingerprint density at radius 1 is 1.05 bits per heavy atom. The molecule has 0 bridgehead atoms. The maximum absolute atomic E-state index is 4.63. The number of nitrogens with one attached hydrogen (secondary N) is 1. The Labute approximate surface area is 134 Å². The Morgan fingerprint density at radius 2 is 1.68 bits per heavy atom. The first-order valence-corrected chi connectivity index (χ1v) is 8.02. The Balaban J connectivity index is 2.07. The summed E-state index contributed by atoms with van der Waals surface area (Å²) in [6.07, 6.45) is 3.26. The normalized spacial score (nSPS) is 12.6. The number of benzene rings is 1. The second kappa shape index (κ2) is 6.25. The van der Waals surface area contributed by atoms with Gasteiger partial charge in [0.15, 0.2) is 0 Å². The lowest BCUT2D eigenvalue weighted by Gasteiger charge is -2.33. The minimum atomic E-state index is 0.111. The third-order valence-electron chi connectivity index (χ3n) is 3.75. The third-order valence-corrected chi connectivity index (χ3v) is 3.75. The molecule has 0 radical (unpaired) electrons. The van der Waals surface area contributed by atoms with E-state index in [2.05, 4.69) is 70.3 Å². The fourth-order valence-corrected chi connectivity index (χ4v) is 3.11. The van der Waals surface area contributed by atoms with Crippen LogP contribution < -0.4 is 5.32 Å². The molecular weight excluding hydrogens is 270 g/mol. The van der Waals surface area contributed by atoms with E-state index in [0.29, 0.717) is 5.41 Å². The van der Waals surface area contributed by atoms with Crippen molar-refractivity contribution in [2.45, 2.75) is 60.0 Å². The van der Waals surface area contributed by atoms with Crippen molar-refractivity contribution in [3.8, 4) is 5.69 Å². The van der Waals surface area contributed by atoms with Gasteiger partial charge in [0, 0.05) is 23.8 Å². The molecule has 1 aromatic heterocycles. The predicted octanol–water partition coefficient (Wildman–Crippen LogP) is 4.49. The lowest BCUT2D eigenvalue weighted by Crippen LogP contribution is -2.41. The lowest BCUT2D eigenvalue weighted by atomic mass is 9.82. The molecule has 120 valence electrons. The fraction of sp³-hybridized carbons (Fsp3) is 0.526. The lowest BCUT2D eigenvalue weighted by molar-refractivity contribution is 0.240. The van der Waals surface area contributed by atoms with Crippen molar-refractivity contribution in [1.29, 1.82) is 0 Å². The average Bonchev–Trinajstić information content (AvgIpc) is 2.76. The van der Waals surface area contributed by atoms with E-state index in [9.17, 15) is 0 Å². The van der Waals surface area contributed by atoms with Crippen LogP contribution in [0.5, 0.6) is 0 Å². The molecule has 0 amide bonds. The highest BCUT2D eigenvalue weighted by Gasteiger charge is 2.25. The summed E-state index contributed by atoms with van der Waals surface area (Å²) in [5.41, 5.74) is 3.87. The number of rotatable bonds is 5. The molecule has 0 fully saturated rings. The van der Waals surface area contributed by atoms with Crippen molar-refractivity contribution >= 4 is 0 Å². The van der Waals surface area contributed by atoms with Gasteiger partial charge in [-0.3, -0.25) is 0 Å². The van der Waals surface area contributed by atoms with Crippen molar-refractivity contribution in [1.82, 2.24) is 15.1 Å². The molecule has 0 aliphatic carbocycles. The summed E-state index contributed by atoms with van der Waals surface area (Å²) in [4.78, 5) is 0. The molecule has 0 aliphatic rings. The fourth-order valence-electron chi connectivity index (χ4n) is 3.11. The molecule has 0 saturated heterocycles. The molecule has 2 rings (SSSR count). The van der Waals surface area contributed by atoms with Crippen molar-refractivity contribution in [2.75, 3.05) is 0 Å². The van der Waals surface area contributed by atoms with Gasteiger partial charge in [-0.25, -0.2) is 4.68 Å². The second-order valence-electron chi connectivity index (χ2n) is 7.99. The summed E-state index contributed by atoms with van der Waals surface area (Å²) >= 11 is 0. The Morgan fingerprint density at radius 3 is 2.27 bits per heavy atom. The molecule has 1 heterocycles. The van der Waals surface area contributed by atoms with Gasteiger partial charge in [0.1, 0.15) is 0 Å². The van der Waals surface area contributed by atoms with Gasteiger partial charge >= 0.3 is 0 Å². The zero-order chi connectivity index (χ0) is 16.4. The second-order valence-corrected chi connectivity index (χ2v) is 7.99. The molecule has 0 unspecified atom stereocenters. The Hall–Kier alpha value is -1.61. The van der Waals surface area contributed by atoms with Gasteiger partial charge in [-0.15, -0.1) is 0 Å². The minimum absolute atomic E-state index is 0.111. The van der Waals surface area contributed by atoms with E-state index in [1.54, 1.807) is 0 Å². The quantitative estimate of drug-likeness (QED) is 0.882. The number of hydrogen-bond acceptors (Lipinski definition) is 2. The van der Waals surface area contributed by atoms with Gasteiger partial charge in [0.05, 0.1) is 11.4 Å². The van der Waals surface area contributed by atoms with Crippen LogP contribution in [0.2, 0.25) is 0 Å². The van der Waals surface area contributed by atoms with E-state index in [1.165, 1.54) is 5.56 Å². The van der Waals surface area contributed by atoms with Crippen molar-refractivity contribution < 1.29 is 0 Å². The van der Waals surface area contributed by atoms with Crippen LogP contribution in [0.4, 0.5) is 0 Å². The SMILES string of the molecule is Cc1nn(-c2ccccc2)cc1CNC(C)(C)CC(C)(C)C. The molecule has 0 aliphatic heterocycles. The van der Waals surface area contributed by atoms with Crippen LogP contribution in [0.25, 0.3) is 5.69 Å². The van der Waals surface area contributed by atoms with E-state index in [0.717, 1.165) is 24.3 Å². The van der Waals surface area contributed by atoms with Crippen LogP contribution in [0, 0.1) is 12.3 Å². The summed E-state index contributed by atoms with van der Waals surface area (Å²) in [5, 5.41) is 8.32. The van der Waals surface area contributed by atoms with Crippen LogP contribution >= 0.6 is 0 Å². The molecule has 3 nitrogen and oxygen atoms in total. The third kappa shape index (κ3) is 4.70. The molecule has 1 N–H and O–H groups in total. The van der Waals surface area contributed by atoms with E-state index in [-0.39, 0.29) is 5.54 Å². The number of nitrogens with zero attached hydrogens (tertiary/aromatic N) is 2. The Kier molecular flexibility index (Phi) is 4.76. The highest BCUT2D eigenvalue weighted by atomic mass is 15.3. The molecule has 2 aromatic rings. The summed E-state index contributed by atoms with van der Waals surface area (Å²) in [6, 6.07) is 10.3. The maximum atomic E-state index is 4.63. The van der Waals surface area contributed by atoms with E-state index in [1.807, 2.05) is 22.9 Å². The van der Waals surface area contributed by atoms with Gasteiger partial charge in [-0.2, -0.15) is 5.10 Å². The highest BCUT2D eigenvalue weighted by molar-refractivity contribution is 5.32. The monoisotopic (exact) mass is 299 g/mol. The van der Waals surface area contributed by atoms with Gasteiger partial charge < -0.3 is 5.32 Å². The zero-order valence-corrected chi connectivity index (χ0v) is 14.8. The Bertz CT molecular complexity index is 603. The zero-order valence-electron chi connectivity index (χ0n) is 14.8. The van der Waals surface area contributed by atoms with Crippen molar-refractivity contribution in [3.63, 3.8) is 0 Å². The first-order valence-electron chi connectivity index (χ1n) is 8.02. The van der Waals surface area contributed by atoms with E-state index < -0.39 is 0 Å². The standard InChI is InChI=1S/C19H29N3/c1-15-16(12-20-19(5,6)14-18(2,3)4)13-22(21-15)17-10-8-7-9-11-17/h7-11,13,20H,12,14H2,1-6H3. The minimum Gasteiger partial charge on any atom is -0.308 e. The van der Waals surface area contributed by atoms with Crippen LogP contribution in [0.3, 0.4) is 0 Å². The van der Waals surface area contributed by atoms with Crippen molar-refractivity contribution in [3.05, 3.63) is 47.8 Å². The predicted molar refractivity (Wildman–Crippen MR) is 93.3 cm³/mol. The molecule has 0 atom stereocenters. The first kappa shape index (κ1) is 16.8. The summed E-state index contributed by atoms with van der Waals surface area (Å²) in [7, 11) is 0. The topological polar surface area (TPSA) is 29.9 Å². The van der Waals surface area contributed by atoms with Gasteiger partial charge in [-0.1, -0.05) is 39.0 Å².